The summed E-state index contributed by atoms with van der Waals surface area (Å²) in [6.45, 7) is -0.0408. The van der Waals surface area contributed by atoms with Crippen molar-refractivity contribution in [2.24, 2.45) is 0 Å². The van der Waals surface area contributed by atoms with Crippen LogP contribution in [0.25, 0.3) is 0 Å². The maximum Gasteiger partial charge on any atom is 0.152 e. The Morgan fingerprint density at radius 3 is 2.80 bits per heavy atom. The average Bonchev–Trinajstić information content (AvgIpc) is 2.75. The maximum absolute atomic E-state index is 9.16. The van der Waals surface area contributed by atoms with Crippen LogP contribution in [-0.2, 0) is 4.74 Å². The number of nitrogens with one attached hydrogen (secondary N) is 1. The molecule has 5 heteroatoms. The highest BCUT2D eigenvalue weighted by molar-refractivity contribution is 5.10. The Morgan fingerprint density at radius 2 is 2.27 bits per heavy atom. The number of pyridine rings is 1. The first-order valence-electron chi connectivity index (χ1n) is 4.82. The fourth-order valence-corrected chi connectivity index (χ4v) is 1.53. The van der Waals surface area contributed by atoms with Gasteiger partial charge in [-0.2, -0.15) is 0 Å². The minimum absolute atomic E-state index is 0.160. The largest absolute Gasteiger partial charge is 0.394 e. The Morgan fingerprint density at radius 1 is 1.47 bits per heavy atom. The molecule has 1 atom stereocenters. The molecule has 0 amide bonds. The van der Waals surface area contributed by atoms with Crippen molar-refractivity contribution in [3.05, 3.63) is 30.1 Å². The molecule has 0 saturated carbocycles. The topological polar surface area (TPSA) is 74.6 Å². The number of aliphatic hydroxyl groups is 2. The highest BCUT2D eigenvalue weighted by Crippen LogP contribution is 2.24. The summed E-state index contributed by atoms with van der Waals surface area (Å²) in [6, 6.07) is 5.53. The van der Waals surface area contributed by atoms with Crippen LogP contribution in [0.15, 0.2) is 24.4 Å². The zero-order valence-corrected chi connectivity index (χ0v) is 8.26. The third kappa shape index (κ3) is 2.00. The second kappa shape index (κ2) is 4.24. The lowest BCUT2D eigenvalue weighted by Crippen LogP contribution is -2.49. The molecule has 2 heterocycles. The van der Waals surface area contributed by atoms with Gasteiger partial charge in [0.15, 0.2) is 6.23 Å². The van der Waals surface area contributed by atoms with Crippen LogP contribution in [0.4, 0.5) is 0 Å². The van der Waals surface area contributed by atoms with Crippen molar-refractivity contribution in [3.8, 4) is 0 Å². The number of hydrogen-bond acceptors (Lipinski definition) is 5. The van der Waals surface area contributed by atoms with E-state index in [9.17, 15) is 0 Å². The van der Waals surface area contributed by atoms with Gasteiger partial charge >= 0.3 is 0 Å². The molecule has 3 N–H and O–H groups in total. The lowest BCUT2D eigenvalue weighted by molar-refractivity contribution is 0.0748. The second-order valence-electron chi connectivity index (χ2n) is 3.69. The summed E-state index contributed by atoms with van der Waals surface area (Å²) < 4.78 is 5.44. The van der Waals surface area contributed by atoms with Crippen molar-refractivity contribution in [1.82, 2.24) is 10.3 Å². The SMILES string of the molecule is OCC1(CO)CO[C@H](c2ccccn2)N1. The van der Waals surface area contributed by atoms with E-state index < -0.39 is 5.54 Å². The molecule has 15 heavy (non-hydrogen) atoms. The Bertz CT molecular complexity index is 314. The van der Waals surface area contributed by atoms with Crippen molar-refractivity contribution >= 4 is 0 Å². The van der Waals surface area contributed by atoms with Gasteiger partial charge < -0.3 is 14.9 Å². The van der Waals surface area contributed by atoms with Gasteiger partial charge in [0.05, 0.1) is 31.1 Å². The van der Waals surface area contributed by atoms with Crippen LogP contribution in [0.3, 0.4) is 0 Å². The van der Waals surface area contributed by atoms with Crippen LogP contribution in [-0.4, -0.2) is 40.6 Å². The number of ether oxygens (including phenoxy) is 1. The van der Waals surface area contributed by atoms with E-state index in [2.05, 4.69) is 10.3 Å². The summed E-state index contributed by atoms with van der Waals surface area (Å²) in [7, 11) is 0. The average molecular weight is 210 g/mol. The van der Waals surface area contributed by atoms with Crippen molar-refractivity contribution < 1.29 is 14.9 Å². The van der Waals surface area contributed by atoms with E-state index in [4.69, 9.17) is 14.9 Å². The minimum Gasteiger partial charge on any atom is -0.394 e. The Balaban J connectivity index is 2.10. The fourth-order valence-electron chi connectivity index (χ4n) is 1.53. The van der Waals surface area contributed by atoms with Crippen LogP contribution >= 0.6 is 0 Å². The molecule has 1 aliphatic rings. The van der Waals surface area contributed by atoms with Crippen LogP contribution in [0.5, 0.6) is 0 Å². The summed E-state index contributed by atoms with van der Waals surface area (Å²) in [5.74, 6) is 0. The predicted octanol–water partition coefficient (Wildman–Crippen LogP) is -0.577. The molecule has 2 rings (SSSR count). The quantitative estimate of drug-likeness (QED) is 0.622. The third-order valence-corrected chi connectivity index (χ3v) is 2.53. The highest BCUT2D eigenvalue weighted by Gasteiger charge is 2.39. The number of rotatable bonds is 3. The van der Waals surface area contributed by atoms with Gasteiger partial charge in [-0.1, -0.05) is 6.07 Å². The van der Waals surface area contributed by atoms with E-state index in [1.54, 1.807) is 6.20 Å². The molecule has 1 saturated heterocycles. The molecule has 0 aliphatic carbocycles. The molecule has 5 nitrogen and oxygen atoms in total. The first-order valence-corrected chi connectivity index (χ1v) is 4.82. The molecule has 0 bridgehead atoms. The molecule has 1 aromatic rings. The summed E-state index contributed by atoms with van der Waals surface area (Å²) >= 11 is 0. The number of aliphatic hydroxyl groups excluding tert-OH is 2. The standard InChI is InChI=1S/C10H14N2O3/c13-5-10(6-14)7-15-9(12-10)8-3-1-2-4-11-8/h1-4,9,12-14H,5-7H2/t9-/m1/s1. The summed E-state index contributed by atoms with van der Waals surface area (Å²) in [5, 5.41) is 21.4. The van der Waals surface area contributed by atoms with Crippen LogP contribution in [0.2, 0.25) is 0 Å². The number of aromatic nitrogens is 1. The van der Waals surface area contributed by atoms with E-state index in [0.717, 1.165) is 5.69 Å². The van der Waals surface area contributed by atoms with Crippen molar-refractivity contribution in [3.63, 3.8) is 0 Å². The molecule has 1 fully saturated rings. The molecule has 82 valence electrons. The van der Waals surface area contributed by atoms with Crippen molar-refractivity contribution in [2.45, 2.75) is 11.8 Å². The van der Waals surface area contributed by atoms with Gasteiger partial charge in [0.1, 0.15) is 0 Å². The normalized spacial score (nSPS) is 24.3. The van der Waals surface area contributed by atoms with Gasteiger partial charge in [0.25, 0.3) is 0 Å². The van der Waals surface area contributed by atoms with Crippen molar-refractivity contribution in [2.75, 3.05) is 19.8 Å². The molecule has 0 unspecified atom stereocenters. The van der Waals surface area contributed by atoms with Gasteiger partial charge in [-0.3, -0.25) is 10.3 Å². The Labute approximate surface area is 87.7 Å². The first-order chi connectivity index (χ1) is 7.29. The molecule has 1 aromatic heterocycles. The second-order valence-corrected chi connectivity index (χ2v) is 3.69. The molecule has 1 aliphatic heterocycles. The van der Waals surface area contributed by atoms with Gasteiger partial charge in [-0.05, 0) is 12.1 Å². The smallest absolute Gasteiger partial charge is 0.152 e. The molecular formula is C10H14N2O3. The van der Waals surface area contributed by atoms with E-state index in [0.29, 0.717) is 0 Å². The third-order valence-electron chi connectivity index (χ3n) is 2.53. The summed E-state index contributed by atoms with van der Waals surface area (Å²) in [5.41, 5.74) is 0.00335. The van der Waals surface area contributed by atoms with Crippen molar-refractivity contribution in [1.29, 1.82) is 0 Å². The Hall–Kier alpha value is -1.01. The van der Waals surface area contributed by atoms with Gasteiger partial charge in [0, 0.05) is 6.20 Å². The van der Waals surface area contributed by atoms with E-state index in [-0.39, 0.29) is 26.0 Å². The van der Waals surface area contributed by atoms with E-state index in [1.807, 2.05) is 18.2 Å². The van der Waals surface area contributed by atoms with E-state index in [1.165, 1.54) is 0 Å². The van der Waals surface area contributed by atoms with Gasteiger partial charge in [-0.25, -0.2) is 0 Å². The maximum atomic E-state index is 9.16. The zero-order chi connectivity index (χ0) is 10.7. The molecular weight excluding hydrogens is 196 g/mol. The van der Waals surface area contributed by atoms with Crippen LogP contribution in [0, 0.1) is 0 Å². The predicted molar refractivity (Wildman–Crippen MR) is 53.0 cm³/mol. The monoisotopic (exact) mass is 210 g/mol. The lowest BCUT2D eigenvalue weighted by Gasteiger charge is -2.22. The molecule has 0 aromatic carbocycles. The minimum atomic E-state index is -0.748. The van der Waals surface area contributed by atoms with Crippen LogP contribution < -0.4 is 5.32 Å². The van der Waals surface area contributed by atoms with Crippen LogP contribution in [0.1, 0.15) is 11.9 Å². The molecule has 0 radical (unpaired) electrons. The highest BCUT2D eigenvalue weighted by atomic mass is 16.5. The lowest BCUT2D eigenvalue weighted by atomic mass is 10.1. The first kappa shape index (κ1) is 10.5. The Kier molecular flexibility index (Phi) is 2.97. The summed E-state index contributed by atoms with van der Waals surface area (Å²) in [4.78, 5) is 4.14. The zero-order valence-electron chi connectivity index (χ0n) is 8.26. The number of nitrogens with zero attached hydrogens (tertiary/aromatic N) is 1. The van der Waals surface area contributed by atoms with E-state index >= 15 is 0 Å². The summed E-state index contributed by atoms with van der Waals surface area (Å²) in [6.07, 6.45) is 1.32. The fraction of sp³-hybridized carbons (Fsp3) is 0.500. The molecule has 0 spiro atoms. The van der Waals surface area contributed by atoms with Gasteiger partial charge in [0.2, 0.25) is 0 Å². The number of hydrogen-bond donors (Lipinski definition) is 3. The van der Waals surface area contributed by atoms with Gasteiger partial charge in [-0.15, -0.1) is 0 Å².